The highest BCUT2D eigenvalue weighted by atomic mass is 32.2. The van der Waals surface area contributed by atoms with Crippen molar-refractivity contribution in [2.75, 3.05) is 45.2 Å². The van der Waals surface area contributed by atoms with Gasteiger partial charge in [-0.25, -0.2) is 8.42 Å². The lowest BCUT2D eigenvalue weighted by Crippen LogP contribution is -2.50. The normalized spacial score (nSPS) is 16.8. The van der Waals surface area contributed by atoms with Crippen LogP contribution in [0.15, 0.2) is 47.4 Å². The van der Waals surface area contributed by atoms with E-state index in [0.29, 0.717) is 24.5 Å². The summed E-state index contributed by atoms with van der Waals surface area (Å²) in [7, 11) is -2.17. The Bertz CT molecular complexity index is 1090. The van der Waals surface area contributed by atoms with Crippen molar-refractivity contribution in [1.29, 1.82) is 0 Å². The van der Waals surface area contributed by atoms with Gasteiger partial charge in [-0.2, -0.15) is 4.31 Å². The van der Waals surface area contributed by atoms with Gasteiger partial charge < -0.3 is 19.7 Å². The molecular formula is C21H23N3O6S. The molecule has 0 radical (unpaired) electrons. The molecule has 0 atom stereocenters. The highest BCUT2D eigenvalue weighted by Crippen LogP contribution is 2.31. The second-order valence-corrected chi connectivity index (χ2v) is 9.24. The molecule has 0 aliphatic carbocycles. The van der Waals surface area contributed by atoms with Crippen LogP contribution in [0.2, 0.25) is 0 Å². The number of methoxy groups -OCH3 is 1. The molecule has 1 N–H and O–H groups in total. The molecular weight excluding hydrogens is 422 g/mol. The van der Waals surface area contributed by atoms with Gasteiger partial charge >= 0.3 is 0 Å². The Kier molecular flexibility index (Phi) is 5.84. The molecule has 10 heteroatoms. The van der Waals surface area contributed by atoms with Crippen LogP contribution >= 0.6 is 0 Å². The number of hydrogen-bond acceptors (Lipinski definition) is 6. The fourth-order valence-electron chi connectivity index (χ4n) is 3.58. The Labute approximate surface area is 180 Å². The van der Waals surface area contributed by atoms with Crippen LogP contribution in [0.3, 0.4) is 0 Å². The lowest BCUT2D eigenvalue weighted by atomic mass is 10.1. The van der Waals surface area contributed by atoms with Crippen molar-refractivity contribution < 1.29 is 27.5 Å². The number of sulfonamides is 1. The number of carbonyl (C=O) groups is 2. The Morgan fingerprint density at radius 3 is 2.48 bits per heavy atom. The van der Waals surface area contributed by atoms with Gasteiger partial charge in [-0.1, -0.05) is 12.1 Å². The number of fused-ring (bicyclic) bond motifs is 1. The summed E-state index contributed by atoms with van der Waals surface area (Å²) in [6, 6.07) is 11.7. The number of nitrogens with zero attached hydrogens (tertiary/aromatic N) is 2. The lowest BCUT2D eigenvalue weighted by Gasteiger charge is -2.34. The Morgan fingerprint density at radius 2 is 1.81 bits per heavy atom. The Hall–Kier alpha value is -3.11. The first-order chi connectivity index (χ1) is 14.9. The molecule has 2 aliphatic rings. The van der Waals surface area contributed by atoms with Gasteiger partial charge in [0.2, 0.25) is 15.9 Å². The van der Waals surface area contributed by atoms with Gasteiger partial charge in [0, 0.05) is 26.2 Å². The van der Waals surface area contributed by atoms with Crippen LogP contribution in [-0.2, 0) is 26.0 Å². The van der Waals surface area contributed by atoms with Gasteiger partial charge in [0.25, 0.3) is 5.91 Å². The van der Waals surface area contributed by atoms with E-state index in [1.807, 2.05) is 12.1 Å². The summed E-state index contributed by atoms with van der Waals surface area (Å²) in [4.78, 5) is 25.9. The zero-order chi connectivity index (χ0) is 22.0. The number of rotatable bonds is 5. The highest BCUT2D eigenvalue weighted by molar-refractivity contribution is 7.89. The van der Waals surface area contributed by atoms with E-state index in [4.69, 9.17) is 9.47 Å². The molecule has 4 rings (SSSR count). The average Bonchev–Trinajstić information content (AvgIpc) is 2.79. The first-order valence-electron chi connectivity index (χ1n) is 9.84. The molecule has 2 aromatic rings. The first-order valence-corrected chi connectivity index (χ1v) is 11.3. The van der Waals surface area contributed by atoms with Gasteiger partial charge in [-0.15, -0.1) is 0 Å². The number of piperazine rings is 1. The second kappa shape index (κ2) is 8.56. The summed E-state index contributed by atoms with van der Waals surface area (Å²) in [5, 5.41) is 2.62. The van der Waals surface area contributed by atoms with E-state index >= 15 is 0 Å². The summed E-state index contributed by atoms with van der Waals surface area (Å²) in [5.41, 5.74) is 1.21. The van der Waals surface area contributed by atoms with Crippen LogP contribution in [0, 0.1) is 0 Å². The van der Waals surface area contributed by atoms with E-state index < -0.39 is 10.0 Å². The SMILES string of the molecule is COc1ccc(CC(=O)N2CCN(S(=O)(=O)c3ccc4c(c3)NC(=O)CO4)CC2)cc1. The minimum atomic E-state index is -3.75. The molecule has 0 saturated carbocycles. The van der Waals surface area contributed by atoms with Gasteiger partial charge in [-0.05, 0) is 35.9 Å². The van der Waals surface area contributed by atoms with Gasteiger partial charge in [0.15, 0.2) is 6.61 Å². The van der Waals surface area contributed by atoms with Crippen LogP contribution < -0.4 is 14.8 Å². The third kappa shape index (κ3) is 4.49. The minimum Gasteiger partial charge on any atom is -0.497 e. The van der Waals surface area contributed by atoms with E-state index in [1.165, 1.54) is 22.5 Å². The third-order valence-corrected chi connectivity index (χ3v) is 7.22. The molecule has 9 nitrogen and oxygen atoms in total. The fourth-order valence-corrected chi connectivity index (χ4v) is 5.03. The molecule has 31 heavy (non-hydrogen) atoms. The number of amides is 2. The van der Waals surface area contributed by atoms with E-state index in [1.54, 1.807) is 24.1 Å². The predicted octanol–water partition coefficient (Wildman–Crippen LogP) is 1.10. The van der Waals surface area contributed by atoms with Crippen LogP contribution in [0.1, 0.15) is 5.56 Å². The maximum Gasteiger partial charge on any atom is 0.262 e. The summed E-state index contributed by atoms with van der Waals surface area (Å²) in [6.07, 6.45) is 0.251. The maximum atomic E-state index is 13.0. The van der Waals surface area contributed by atoms with E-state index in [9.17, 15) is 18.0 Å². The van der Waals surface area contributed by atoms with E-state index in [0.717, 1.165) is 11.3 Å². The summed E-state index contributed by atoms with van der Waals surface area (Å²) in [6.45, 7) is 0.955. The fraction of sp³-hybridized carbons (Fsp3) is 0.333. The number of ether oxygens (including phenoxy) is 2. The van der Waals surface area contributed by atoms with Crippen molar-refractivity contribution >= 4 is 27.5 Å². The predicted molar refractivity (Wildman–Crippen MR) is 113 cm³/mol. The van der Waals surface area contributed by atoms with Crippen molar-refractivity contribution in [2.24, 2.45) is 0 Å². The average molecular weight is 445 g/mol. The first kappa shape index (κ1) is 21.1. The van der Waals surface area contributed by atoms with E-state index in [2.05, 4.69) is 5.32 Å². The Balaban J connectivity index is 1.39. The summed E-state index contributed by atoms with van der Waals surface area (Å²) < 4.78 is 37.8. The number of hydrogen-bond donors (Lipinski definition) is 1. The molecule has 1 fully saturated rings. The largest absolute Gasteiger partial charge is 0.497 e. The zero-order valence-electron chi connectivity index (χ0n) is 17.0. The second-order valence-electron chi connectivity index (χ2n) is 7.30. The zero-order valence-corrected chi connectivity index (χ0v) is 17.9. The van der Waals surface area contributed by atoms with Crippen molar-refractivity contribution in [1.82, 2.24) is 9.21 Å². The molecule has 2 aromatic carbocycles. The number of nitrogens with one attached hydrogen (secondary N) is 1. The van der Waals surface area contributed by atoms with Crippen molar-refractivity contribution in [2.45, 2.75) is 11.3 Å². The van der Waals surface area contributed by atoms with Crippen molar-refractivity contribution in [3.63, 3.8) is 0 Å². The highest BCUT2D eigenvalue weighted by Gasteiger charge is 2.31. The number of carbonyl (C=O) groups excluding carboxylic acids is 2. The van der Waals surface area contributed by atoms with E-state index in [-0.39, 0.29) is 42.8 Å². The van der Waals surface area contributed by atoms with Gasteiger partial charge in [0.1, 0.15) is 11.5 Å². The monoisotopic (exact) mass is 445 g/mol. The Morgan fingerprint density at radius 1 is 1.10 bits per heavy atom. The van der Waals surface area contributed by atoms with Crippen LogP contribution in [0.4, 0.5) is 5.69 Å². The quantitative estimate of drug-likeness (QED) is 0.739. The smallest absolute Gasteiger partial charge is 0.262 e. The number of anilines is 1. The molecule has 164 valence electrons. The lowest BCUT2D eigenvalue weighted by molar-refractivity contribution is -0.131. The molecule has 2 aliphatic heterocycles. The molecule has 0 aromatic heterocycles. The van der Waals surface area contributed by atoms with Crippen LogP contribution in [0.5, 0.6) is 11.5 Å². The van der Waals surface area contributed by atoms with Crippen molar-refractivity contribution in [3.05, 3.63) is 48.0 Å². The molecule has 0 unspecified atom stereocenters. The molecule has 2 amide bonds. The summed E-state index contributed by atoms with van der Waals surface area (Å²) >= 11 is 0. The van der Waals surface area contributed by atoms with Gasteiger partial charge in [0.05, 0.1) is 24.1 Å². The topological polar surface area (TPSA) is 105 Å². The molecule has 2 heterocycles. The van der Waals surface area contributed by atoms with Gasteiger partial charge in [-0.3, -0.25) is 9.59 Å². The maximum absolute atomic E-state index is 13.0. The standard InChI is InChI=1S/C21H23N3O6S/c1-29-16-4-2-15(3-5-16)12-21(26)23-8-10-24(11-9-23)31(27,28)17-6-7-19-18(13-17)22-20(25)14-30-19/h2-7,13H,8-12,14H2,1H3,(H,22,25). The van der Waals surface area contributed by atoms with Crippen LogP contribution in [-0.4, -0.2) is 69.3 Å². The molecule has 1 saturated heterocycles. The summed E-state index contributed by atoms with van der Waals surface area (Å²) in [5.74, 6) is 0.790. The van der Waals surface area contributed by atoms with Crippen LogP contribution in [0.25, 0.3) is 0 Å². The van der Waals surface area contributed by atoms with Crippen molar-refractivity contribution in [3.8, 4) is 11.5 Å². The number of benzene rings is 2. The minimum absolute atomic E-state index is 0.0455. The molecule has 0 spiro atoms. The molecule has 0 bridgehead atoms. The third-order valence-electron chi connectivity index (χ3n) is 5.33.